The molecule has 0 amide bonds. The minimum Gasteiger partial charge on any atom is -0.481 e. The number of nitrogens with zero attached hydrogens (tertiary/aromatic N) is 2. The Balaban J connectivity index is 1.96. The van der Waals surface area contributed by atoms with Gasteiger partial charge in [0.15, 0.2) is 0 Å². The van der Waals surface area contributed by atoms with E-state index in [4.69, 9.17) is 0 Å². The molecule has 0 atom stereocenters. The molecule has 104 valence electrons. The predicted molar refractivity (Wildman–Crippen MR) is 76.6 cm³/mol. The minimum absolute atomic E-state index is 0.626. The number of benzene rings is 1. The lowest BCUT2D eigenvalue weighted by molar-refractivity contribution is -0.140. The Morgan fingerprint density at radius 3 is 2.50 bits per heavy atom. The summed E-state index contributed by atoms with van der Waals surface area (Å²) in [5, 5.41) is 13.8. The summed E-state index contributed by atoms with van der Waals surface area (Å²) < 4.78 is 1.97. The Labute approximate surface area is 118 Å². The second kappa shape index (κ2) is 4.47. The SMILES string of the molecule is CCn1nc(C)cc1-c1ccc(C2(C(=O)O)CC2)cc1. The van der Waals surface area contributed by atoms with E-state index in [-0.39, 0.29) is 0 Å². The zero-order valence-electron chi connectivity index (χ0n) is 11.8. The van der Waals surface area contributed by atoms with E-state index in [2.05, 4.69) is 18.1 Å². The lowest BCUT2D eigenvalue weighted by Crippen LogP contribution is -2.19. The summed E-state index contributed by atoms with van der Waals surface area (Å²) in [6, 6.07) is 9.95. The number of aliphatic carboxylic acids is 1. The van der Waals surface area contributed by atoms with Crippen molar-refractivity contribution in [2.45, 2.75) is 38.6 Å². The minimum atomic E-state index is -0.709. The quantitative estimate of drug-likeness (QED) is 0.929. The molecule has 4 heteroatoms. The van der Waals surface area contributed by atoms with Gasteiger partial charge in [-0.3, -0.25) is 9.48 Å². The maximum absolute atomic E-state index is 11.3. The fourth-order valence-corrected chi connectivity index (χ4v) is 2.73. The normalized spacial score (nSPS) is 16.1. The van der Waals surface area contributed by atoms with Crippen molar-refractivity contribution in [2.75, 3.05) is 0 Å². The van der Waals surface area contributed by atoms with Crippen LogP contribution in [0.5, 0.6) is 0 Å². The molecule has 1 aliphatic rings. The zero-order valence-corrected chi connectivity index (χ0v) is 11.8. The first-order chi connectivity index (χ1) is 9.56. The van der Waals surface area contributed by atoms with Crippen LogP contribution >= 0.6 is 0 Å². The molecule has 1 heterocycles. The summed E-state index contributed by atoms with van der Waals surface area (Å²) in [6.07, 6.45) is 1.49. The Hall–Kier alpha value is -2.10. The maximum atomic E-state index is 11.3. The smallest absolute Gasteiger partial charge is 0.314 e. The van der Waals surface area contributed by atoms with E-state index >= 15 is 0 Å². The zero-order chi connectivity index (χ0) is 14.3. The highest BCUT2D eigenvalue weighted by molar-refractivity contribution is 5.85. The summed E-state index contributed by atoms with van der Waals surface area (Å²) in [5.41, 5.74) is 3.44. The highest BCUT2D eigenvalue weighted by Gasteiger charge is 2.51. The number of carboxylic acids is 1. The molecule has 3 rings (SSSR count). The average molecular weight is 270 g/mol. The van der Waals surface area contributed by atoms with Gasteiger partial charge in [0.05, 0.1) is 16.8 Å². The van der Waals surface area contributed by atoms with Crippen molar-refractivity contribution < 1.29 is 9.90 Å². The molecule has 0 unspecified atom stereocenters. The van der Waals surface area contributed by atoms with E-state index in [0.29, 0.717) is 0 Å². The molecular weight excluding hydrogens is 252 g/mol. The van der Waals surface area contributed by atoms with Gasteiger partial charge in [-0.05, 0) is 43.9 Å². The van der Waals surface area contributed by atoms with Crippen LogP contribution in [0.2, 0.25) is 0 Å². The molecule has 1 fully saturated rings. The van der Waals surface area contributed by atoms with Crippen molar-refractivity contribution in [1.82, 2.24) is 9.78 Å². The standard InChI is InChI=1S/C16H18N2O2/c1-3-18-14(10-11(2)17-18)12-4-6-13(7-5-12)16(8-9-16)15(19)20/h4-7,10H,3,8-9H2,1-2H3,(H,19,20). The van der Waals surface area contributed by atoms with E-state index in [1.165, 1.54) is 0 Å². The van der Waals surface area contributed by atoms with Crippen LogP contribution in [0.15, 0.2) is 30.3 Å². The molecule has 4 nitrogen and oxygen atoms in total. The van der Waals surface area contributed by atoms with Crippen molar-refractivity contribution in [3.05, 3.63) is 41.6 Å². The number of aryl methyl sites for hydroxylation is 2. The van der Waals surface area contributed by atoms with Gasteiger partial charge in [0.1, 0.15) is 0 Å². The molecule has 0 bridgehead atoms. The van der Waals surface area contributed by atoms with E-state index in [1.807, 2.05) is 35.9 Å². The van der Waals surface area contributed by atoms with Crippen LogP contribution in [0.3, 0.4) is 0 Å². The van der Waals surface area contributed by atoms with Crippen LogP contribution in [0.1, 0.15) is 31.0 Å². The number of carboxylic acid groups (broad SMARTS) is 1. The van der Waals surface area contributed by atoms with Crippen molar-refractivity contribution in [3.63, 3.8) is 0 Å². The van der Waals surface area contributed by atoms with Crippen LogP contribution in [0.4, 0.5) is 0 Å². The summed E-state index contributed by atoms with van der Waals surface area (Å²) in [5.74, 6) is -0.709. The molecule has 0 spiro atoms. The van der Waals surface area contributed by atoms with Gasteiger partial charge in [0, 0.05) is 6.54 Å². The summed E-state index contributed by atoms with van der Waals surface area (Å²) in [6.45, 7) is 4.87. The first kappa shape index (κ1) is 12.9. The number of carbonyl (C=O) groups is 1. The first-order valence-corrected chi connectivity index (χ1v) is 6.95. The molecule has 1 N–H and O–H groups in total. The number of rotatable bonds is 4. The van der Waals surface area contributed by atoms with Crippen molar-refractivity contribution in [2.24, 2.45) is 0 Å². The molecule has 0 saturated heterocycles. The topological polar surface area (TPSA) is 55.1 Å². The van der Waals surface area contributed by atoms with Gasteiger partial charge in [-0.2, -0.15) is 5.10 Å². The first-order valence-electron chi connectivity index (χ1n) is 6.95. The van der Waals surface area contributed by atoms with Gasteiger partial charge in [-0.25, -0.2) is 0 Å². The Bertz CT molecular complexity index is 652. The summed E-state index contributed by atoms with van der Waals surface area (Å²) >= 11 is 0. The number of aromatic nitrogens is 2. The lowest BCUT2D eigenvalue weighted by Gasteiger charge is -2.11. The molecule has 1 saturated carbocycles. The van der Waals surface area contributed by atoms with E-state index in [0.717, 1.165) is 41.9 Å². The van der Waals surface area contributed by atoms with Crippen LogP contribution in [0.25, 0.3) is 11.3 Å². The van der Waals surface area contributed by atoms with Gasteiger partial charge in [-0.1, -0.05) is 24.3 Å². The molecule has 1 aromatic carbocycles. The highest BCUT2D eigenvalue weighted by atomic mass is 16.4. The van der Waals surface area contributed by atoms with E-state index < -0.39 is 11.4 Å². The summed E-state index contributed by atoms with van der Waals surface area (Å²) in [4.78, 5) is 11.3. The Morgan fingerprint density at radius 2 is 2.00 bits per heavy atom. The van der Waals surface area contributed by atoms with Crippen molar-refractivity contribution >= 4 is 5.97 Å². The number of hydrogen-bond acceptors (Lipinski definition) is 2. The van der Waals surface area contributed by atoms with E-state index in [9.17, 15) is 9.90 Å². The molecule has 2 aromatic rings. The fraction of sp³-hybridized carbons (Fsp3) is 0.375. The monoisotopic (exact) mass is 270 g/mol. The second-order valence-electron chi connectivity index (χ2n) is 5.45. The maximum Gasteiger partial charge on any atom is 0.314 e. The number of hydrogen-bond donors (Lipinski definition) is 1. The van der Waals surface area contributed by atoms with Gasteiger partial charge < -0.3 is 5.11 Å². The van der Waals surface area contributed by atoms with E-state index in [1.54, 1.807) is 0 Å². The predicted octanol–water partition coefficient (Wildman–Crippen LogP) is 2.99. The molecule has 1 aliphatic carbocycles. The second-order valence-corrected chi connectivity index (χ2v) is 5.45. The van der Waals surface area contributed by atoms with Gasteiger partial charge >= 0.3 is 5.97 Å². The Kier molecular flexibility index (Phi) is 2.89. The molecule has 1 aromatic heterocycles. The summed E-state index contributed by atoms with van der Waals surface area (Å²) in [7, 11) is 0. The lowest BCUT2D eigenvalue weighted by atomic mass is 9.95. The fourth-order valence-electron chi connectivity index (χ4n) is 2.73. The molecule has 0 aliphatic heterocycles. The van der Waals surface area contributed by atoms with Crippen molar-refractivity contribution in [1.29, 1.82) is 0 Å². The van der Waals surface area contributed by atoms with Crippen LogP contribution in [-0.4, -0.2) is 20.9 Å². The third kappa shape index (κ3) is 1.92. The van der Waals surface area contributed by atoms with Gasteiger partial charge in [0.25, 0.3) is 0 Å². The molecule has 20 heavy (non-hydrogen) atoms. The third-order valence-electron chi connectivity index (χ3n) is 4.09. The van der Waals surface area contributed by atoms with Gasteiger partial charge in [-0.15, -0.1) is 0 Å². The third-order valence-corrected chi connectivity index (χ3v) is 4.09. The molecular formula is C16H18N2O2. The largest absolute Gasteiger partial charge is 0.481 e. The van der Waals surface area contributed by atoms with Gasteiger partial charge in [0.2, 0.25) is 0 Å². The average Bonchev–Trinajstić information content (AvgIpc) is 3.17. The van der Waals surface area contributed by atoms with Crippen molar-refractivity contribution in [3.8, 4) is 11.3 Å². The highest BCUT2D eigenvalue weighted by Crippen LogP contribution is 2.48. The van der Waals surface area contributed by atoms with Crippen LogP contribution in [0, 0.1) is 6.92 Å². The van der Waals surface area contributed by atoms with Crippen LogP contribution in [-0.2, 0) is 16.8 Å². The van der Waals surface area contributed by atoms with Crippen LogP contribution < -0.4 is 0 Å². The Morgan fingerprint density at radius 1 is 1.35 bits per heavy atom. The molecule has 0 radical (unpaired) electrons.